The van der Waals surface area contributed by atoms with Crippen molar-refractivity contribution in [3.63, 3.8) is 0 Å². The van der Waals surface area contributed by atoms with E-state index in [2.05, 4.69) is 0 Å². The fourth-order valence-electron chi connectivity index (χ4n) is 2.34. The first-order valence-electron chi connectivity index (χ1n) is 7.44. The molecule has 0 radical (unpaired) electrons. The molecule has 0 saturated heterocycles. The molecule has 0 aliphatic carbocycles. The summed E-state index contributed by atoms with van der Waals surface area (Å²) in [4.78, 5) is 23.5. The third kappa shape index (κ3) is 3.78. The van der Waals surface area contributed by atoms with Gasteiger partial charge >= 0.3 is 0 Å². The lowest BCUT2D eigenvalue weighted by atomic mass is 10.2. The second-order valence-corrected chi connectivity index (χ2v) is 5.60. The monoisotopic (exact) mass is 357 g/mol. The predicted octanol–water partition coefficient (Wildman–Crippen LogP) is 3.93. The van der Waals surface area contributed by atoms with Crippen LogP contribution in [0.4, 0.5) is 4.39 Å². The van der Waals surface area contributed by atoms with Crippen LogP contribution in [-0.2, 0) is 6.61 Å². The summed E-state index contributed by atoms with van der Waals surface area (Å²) in [5, 5.41) is -0.859. The van der Waals surface area contributed by atoms with E-state index in [1.165, 1.54) is 36.5 Å². The lowest BCUT2D eigenvalue weighted by molar-refractivity contribution is 0.108. The fourth-order valence-corrected chi connectivity index (χ4v) is 2.48. The maximum Gasteiger partial charge on any atom is 0.267 e. The summed E-state index contributed by atoms with van der Waals surface area (Å²) in [6.45, 7) is 0.229. The second kappa shape index (κ2) is 7.32. The number of hydrogen-bond acceptors (Lipinski definition) is 3. The van der Waals surface area contributed by atoms with Crippen LogP contribution in [0.3, 0.4) is 0 Å². The molecule has 6 heteroatoms. The summed E-state index contributed by atoms with van der Waals surface area (Å²) >= 11 is 5.38. The van der Waals surface area contributed by atoms with Crippen LogP contribution in [0.2, 0.25) is 0 Å². The Bertz CT molecular complexity index is 970. The molecule has 0 bridgehead atoms. The summed E-state index contributed by atoms with van der Waals surface area (Å²) in [7, 11) is 0. The van der Waals surface area contributed by atoms with Gasteiger partial charge in [0.25, 0.3) is 10.8 Å². The number of pyridine rings is 1. The first-order valence-corrected chi connectivity index (χ1v) is 7.82. The van der Waals surface area contributed by atoms with Crippen LogP contribution in [0.5, 0.6) is 5.75 Å². The maximum atomic E-state index is 14.3. The molecule has 25 heavy (non-hydrogen) atoms. The highest BCUT2D eigenvalue weighted by Crippen LogP contribution is 2.21. The molecule has 0 aliphatic rings. The van der Waals surface area contributed by atoms with Gasteiger partial charge in [0.15, 0.2) is 11.6 Å². The number of carbonyl (C=O) groups excluding carboxylic acids is 1. The van der Waals surface area contributed by atoms with Crippen LogP contribution in [0.1, 0.15) is 15.9 Å². The minimum Gasteiger partial charge on any atom is -0.486 e. The quantitative estimate of drug-likeness (QED) is 0.650. The lowest BCUT2D eigenvalue weighted by Gasteiger charge is -2.10. The van der Waals surface area contributed by atoms with Crippen LogP contribution < -0.4 is 10.3 Å². The van der Waals surface area contributed by atoms with E-state index in [1.807, 2.05) is 30.3 Å². The summed E-state index contributed by atoms with van der Waals surface area (Å²) < 4.78 is 20.9. The highest BCUT2D eigenvalue weighted by atomic mass is 35.5. The Hall–Kier alpha value is -2.92. The number of ether oxygens (including phenoxy) is 1. The van der Waals surface area contributed by atoms with Crippen LogP contribution in [-0.4, -0.2) is 9.81 Å². The molecule has 4 nitrogen and oxygen atoms in total. The van der Waals surface area contributed by atoms with Gasteiger partial charge < -0.3 is 4.74 Å². The molecule has 0 spiro atoms. The molecule has 126 valence electrons. The van der Waals surface area contributed by atoms with Gasteiger partial charge in [-0.1, -0.05) is 30.3 Å². The van der Waals surface area contributed by atoms with Crippen molar-refractivity contribution < 1.29 is 13.9 Å². The van der Waals surface area contributed by atoms with Gasteiger partial charge in [0.2, 0.25) is 0 Å². The average molecular weight is 358 g/mol. The molecular formula is C19H13ClFNO3. The first kappa shape index (κ1) is 16.9. The third-order valence-electron chi connectivity index (χ3n) is 3.59. The number of hydrogen-bond donors (Lipinski definition) is 0. The number of benzene rings is 2. The number of nitrogens with zero attached hydrogens (tertiary/aromatic N) is 1. The smallest absolute Gasteiger partial charge is 0.267 e. The van der Waals surface area contributed by atoms with Crippen molar-refractivity contribution >= 4 is 16.8 Å². The van der Waals surface area contributed by atoms with Crippen LogP contribution >= 0.6 is 11.6 Å². The second-order valence-electron chi connectivity index (χ2n) is 5.26. The Labute approximate surface area is 148 Å². The Morgan fingerprint density at radius 1 is 1.08 bits per heavy atom. The van der Waals surface area contributed by atoms with E-state index in [1.54, 1.807) is 0 Å². The largest absolute Gasteiger partial charge is 0.486 e. The van der Waals surface area contributed by atoms with Crippen molar-refractivity contribution in [2.75, 3.05) is 0 Å². The van der Waals surface area contributed by atoms with Crippen molar-refractivity contribution in [3.05, 3.63) is 94.2 Å². The van der Waals surface area contributed by atoms with E-state index in [9.17, 15) is 14.0 Å². The zero-order chi connectivity index (χ0) is 17.8. The first-order chi connectivity index (χ1) is 12.1. The van der Waals surface area contributed by atoms with E-state index >= 15 is 0 Å². The minimum absolute atomic E-state index is 0.0743. The van der Waals surface area contributed by atoms with E-state index in [4.69, 9.17) is 16.3 Å². The van der Waals surface area contributed by atoms with E-state index in [0.717, 1.165) is 10.1 Å². The highest BCUT2D eigenvalue weighted by molar-refractivity contribution is 6.67. The van der Waals surface area contributed by atoms with Crippen molar-refractivity contribution in [3.8, 4) is 11.4 Å². The maximum absolute atomic E-state index is 14.3. The topological polar surface area (TPSA) is 48.3 Å². The van der Waals surface area contributed by atoms with Crippen molar-refractivity contribution in [2.45, 2.75) is 6.61 Å². The van der Waals surface area contributed by atoms with Crippen LogP contribution in [0.25, 0.3) is 5.69 Å². The molecule has 0 unspecified atom stereocenters. The molecule has 0 aliphatic heterocycles. The van der Waals surface area contributed by atoms with Gasteiger partial charge in [-0.25, -0.2) is 4.39 Å². The van der Waals surface area contributed by atoms with E-state index < -0.39 is 16.6 Å². The van der Waals surface area contributed by atoms with E-state index in [0.29, 0.717) is 0 Å². The molecule has 0 atom stereocenters. The zero-order valence-corrected chi connectivity index (χ0v) is 13.7. The summed E-state index contributed by atoms with van der Waals surface area (Å²) in [5.41, 5.74) is 0.402. The molecular weight excluding hydrogens is 345 g/mol. The molecule has 0 saturated carbocycles. The van der Waals surface area contributed by atoms with Crippen molar-refractivity contribution in [1.82, 2.24) is 4.57 Å². The fraction of sp³-hybridized carbons (Fsp3) is 0.0526. The standard InChI is InChI=1S/C19H13ClFNO3/c20-18(23)15-7-4-10-22(19(15)24)14-8-9-17(16(21)11-14)25-12-13-5-2-1-3-6-13/h1-11H,12H2. The third-order valence-corrected chi connectivity index (χ3v) is 3.79. The molecule has 3 rings (SSSR count). The molecule has 1 heterocycles. The number of halogens is 2. The van der Waals surface area contributed by atoms with Crippen LogP contribution in [0.15, 0.2) is 71.7 Å². The summed E-state index contributed by atoms with van der Waals surface area (Å²) in [6, 6.07) is 16.3. The van der Waals surface area contributed by atoms with E-state index in [-0.39, 0.29) is 23.6 Å². The predicted molar refractivity (Wildman–Crippen MR) is 93.0 cm³/mol. The summed E-state index contributed by atoms with van der Waals surface area (Å²) in [5.74, 6) is -0.534. The number of rotatable bonds is 5. The molecule has 3 aromatic rings. The molecule has 0 fully saturated rings. The highest BCUT2D eigenvalue weighted by Gasteiger charge is 2.12. The molecule has 0 amide bonds. The number of aromatic nitrogens is 1. The van der Waals surface area contributed by atoms with Gasteiger partial charge in [-0.3, -0.25) is 14.2 Å². The Morgan fingerprint density at radius 2 is 1.84 bits per heavy atom. The lowest BCUT2D eigenvalue weighted by Crippen LogP contribution is -2.23. The van der Waals surface area contributed by atoms with Gasteiger partial charge in [-0.15, -0.1) is 0 Å². The average Bonchev–Trinajstić information content (AvgIpc) is 2.61. The minimum atomic E-state index is -0.859. The SMILES string of the molecule is O=C(Cl)c1cccn(-c2ccc(OCc3ccccc3)c(F)c2)c1=O. The Kier molecular flexibility index (Phi) is 4.95. The Morgan fingerprint density at radius 3 is 2.52 bits per heavy atom. The van der Waals surface area contributed by atoms with Crippen molar-refractivity contribution in [1.29, 1.82) is 0 Å². The number of carbonyl (C=O) groups is 1. The van der Waals surface area contributed by atoms with Gasteiger partial charge in [0.1, 0.15) is 6.61 Å². The Balaban J connectivity index is 1.86. The van der Waals surface area contributed by atoms with Gasteiger partial charge in [0, 0.05) is 12.3 Å². The molecule has 1 aromatic heterocycles. The van der Waals surface area contributed by atoms with Crippen LogP contribution in [0, 0.1) is 5.82 Å². The summed E-state index contributed by atoms with van der Waals surface area (Å²) in [6.07, 6.45) is 1.44. The molecule has 0 N–H and O–H groups in total. The molecule has 2 aromatic carbocycles. The van der Waals surface area contributed by atoms with Gasteiger partial charge in [0.05, 0.1) is 11.3 Å². The zero-order valence-electron chi connectivity index (χ0n) is 13.0. The normalized spacial score (nSPS) is 10.5. The van der Waals surface area contributed by atoms with Gasteiger partial charge in [-0.05, 0) is 41.4 Å². The van der Waals surface area contributed by atoms with Crippen molar-refractivity contribution in [2.24, 2.45) is 0 Å². The van der Waals surface area contributed by atoms with Gasteiger partial charge in [-0.2, -0.15) is 0 Å².